The molecule has 0 saturated carbocycles. The highest BCUT2D eigenvalue weighted by Crippen LogP contribution is 2.11. The highest BCUT2D eigenvalue weighted by molar-refractivity contribution is 6.39. The summed E-state index contributed by atoms with van der Waals surface area (Å²) in [6.45, 7) is 8.28. The zero-order chi connectivity index (χ0) is 12.6. The Balaban J connectivity index is 1.88. The lowest BCUT2D eigenvalue weighted by molar-refractivity contribution is 0.00858. The maximum atomic E-state index is 5.80. The van der Waals surface area contributed by atoms with Gasteiger partial charge in [0.1, 0.15) is 6.10 Å². The zero-order valence-electron chi connectivity index (χ0n) is 11.4. The Labute approximate surface area is 107 Å². The number of hydrogen-bond acceptors (Lipinski definition) is 4. The van der Waals surface area contributed by atoms with Gasteiger partial charge in [0, 0.05) is 18.9 Å². The molecule has 4 nitrogen and oxygen atoms in total. The molecule has 1 fully saturated rings. The van der Waals surface area contributed by atoms with Crippen LogP contribution in [0.1, 0.15) is 20.3 Å². The fourth-order valence-corrected chi connectivity index (χ4v) is 3.20. The Morgan fingerprint density at radius 1 is 1.29 bits per heavy atom. The van der Waals surface area contributed by atoms with Crippen LogP contribution in [0.25, 0.3) is 0 Å². The first kappa shape index (κ1) is 15.1. The summed E-state index contributed by atoms with van der Waals surface area (Å²) in [4.78, 5) is 0. The Morgan fingerprint density at radius 2 is 2.06 bits per heavy atom. The summed E-state index contributed by atoms with van der Waals surface area (Å²) in [5.41, 5.74) is 0. The summed E-state index contributed by atoms with van der Waals surface area (Å²) >= 11 is 0. The van der Waals surface area contributed by atoms with Crippen molar-refractivity contribution >= 4 is 9.52 Å². The van der Waals surface area contributed by atoms with Crippen LogP contribution < -0.4 is 0 Å². The van der Waals surface area contributed by atoms with E-state index in [0.717, 1.165) is 26.2 Å². The lowest BCUT2D eigenvalue weighted by Crippen LogP contribution is -2.33. The summed E-state index contributed by atoms with van der Waals surface area (Å²) < 4.78 is 21.4. The van der Waals surface area contributed by atoms with E-state index < -0.39 is 0 Å². The molecule has 0 bridgehead atoms. The van der Waals surface area contributed by atoms with Crippen LogP contribution in [0, 0.1) is 0 Å². The molecule has 0 aromatic rings. The molecule has 102 valence electrons. The average molecular weight is 262 g/mol. The van der Waals surface area contributed by atoms with Crippen molar-refractivity contribution in [1.29, 1.82) is 0 Å². The molecular weight excluding hydrogens is 236 g/mol. The average Bonchev–Trinajstić information content (AvgIpc) is 3.07. The van der Waals surface area contributed by atoms with Crippen molar-refractivity contribution in [3.8, 4) is 0 Å². The minimum Gasteiger partial charge on any atom is -0.382 e. The predicted molar refractivity (Wildman–Crippen MR) is 70.4 cm³/mol. The van der Waals surface area contributed by atoms with Crippen LogP contribution in [0.5, 0.6) is 0 Å². The first-order valence-corrected chi connectivity index (χ1v) is 8.17. The van der Waals surface area contributed by atoms with E-state index in [0.29, 0.717) is 19.3 Å². The lowest BCUT2D eigenvalue weighted by Gasteiger charge is -2.24. The molecule has 0 spiro atoms. The van der Waals surface area contributed by atoms with Gasteiger partial charge in [0.2, 0.25) is 0 Å². The molecule has 5 heteroatoms. The van der Waals surface area contributed by atoms with Gasteiger partial charge in [0.15, 0.2) is 0 Å². The zero-order valence-corrected chi connectivity index (χ0v) is 12.8. The summed E-state index contributed by atoms with van der Waals surface area (Å²) in [5.74, 6) is 0. The van der Waals surface area contributed by atoms with Gasteiger partial charge in [0.25, 0.3) is 0 Å². The molecule has 1 atom stereocenters. The van der Waals surface area contributed by atoms with Gasteiger partial charge < -0.3 is 18.9 Å². The maximum Gasteiger partial charge on any atom is 0.104 e. The van der Waals surface area contributed by atoms with Gasteiger partial charge >= 0.3 is 0 Å². The van der Waals surface area contributed by atoms with Crippen molar-refractivity contribution in [1.82, 2.24) is 0 Å². The summed E-state index contributed by atoms with van der Waals surface area (Å²) in [7, 11) is 1.49. The Morgan fingerprint density at radius 3 is 2.71 bits per heavy atom. The second-order valence-corrected chi connectivity index (χ2v) is 8.00. The molecule has 0 aromatic heterocycles. The van der Waals surface area contributed by atoms with E-state index in [1.807, 2.05) is 0 Å². The van der Waals surface area contributed by atoms with E-state index in [9.17, 15) is 0 Å². The molecule has 1 unspecified atom stereocenters. The third-order valence-electron chi connectivity index (χ3n) is 2.80. The molecule has 0 radical (unpaired) electrons. The molecule has 1 aliphatic rings. The van der Waals surface area contributed by atoms with Gasteiger partial charge in [-0.2, -0.15) is 0 Å². The molecule has 0 aliphatic carbocycles. The molecular formula is C12H26O4Si. The van der Waals surface area contributed by atoms with E-state index >= 15 is 0 Å². The van der Waals surface area contributed by atoms with Gasteiger partial charge in [-0.05, 0) is 20.3 Å². The second kappa shape index (κ2) is 8.21. The number of epoxide rings is 1. The molecule has 0 aromatic carbocycles. The van der Waals surface area contributed by atoms with Crippen molar-refractivity contribution in [3.05, 3.63) is 0 Å². The Kier molecular flexibility index (Phi) is 7.30. The van der Waals surface area contributed by atoms with E-state index in [2.05, 4.69) is 13.8 Å². The van der Waals surface area contributed by atoms with E-state index in [1.165, 1.54) is 6.04 Å². The number of methoxy groups -OCH3 is 1. The monoisotopic (exact) mass is 262 g/mol. The third kappa shape index (κ3) is 8.74. The van der Waals surface area contributed by atoms with Crippen LogP contribution in [0.3, 0.4) is 0 Å². The standard InChI is InChI=1S/C12H26O4Si/c1-12(2,16-7-6-13-3)17-8-4-5-14-9-11-10-15-11/h11H,4-10,17H2,1-3H3. The summed E-state index contributed by atoms with van der Waals surface area (Å²) in [6.07, 6.45) is 1.54. The molecule has 17 heavy (non-hydrogen) atoms. The summed E-state index contributed by atoms with van der Waals surface area (Å²) in [6, 6.07) is 1.27. The largest absolute Gasteiger partial charge is 0.382 e. The molecule has 0 N–H and O–H groups in total. The minimum absolute atomic E-state index is 0.0815. The van der Waals surface area contributed by atoms with Crippen LogP contribution in [0.4, 0.5) is 0 Å². The fraction of sp³-hybridized carbons (Fsp3) is 1.00. The highest BCUT2D eigenvalue weighted by Gasteiger charge is 2.22. The van der Waals surface area contributed by atoms with E-state index in [1.54, 1.807) is 7.11 Å². The third-order valence-corrected chi connectivity index (χ3v) is 5.07. The predicted octanol–water partition coefficient (Wildman–Crippen LogP) is 0.778. The topological polar surface area (TPSA) is 40.2 Å². The smallest absolute Gasteiger partial charge is 0.104 e. The van der Waals surface area contributed by atoms with Crippen molar-refractivity contribution in [2.45, 2.75) is 37.6 Å². The first-order valence-electron chi connectivity index (χ1n) is 6.46. The molecule has 1 aliphatic heterocycles. The van der Waals surface area contributed by atoms with Gasteiger partial charge in [-0.25, -0.2) is 0 Å². The SMILES string of the molecule is COCCOC(C)(C)[SiH2]CCCOCC1CO1. The summed E-state index contributed by atoms with van der Waals surface area (Å²) in [5, 5.41) is 0.0815. The Hall–Kier alpha value is 0.0569. The maximum absolute atomic E-state index is 5.80. The lowest BCUT2D eigenvalue weighted by atomic mass is 10.4. The normalized spacial score (nSPS) is 20.3. The first-order chi connectivity index (χ1) is 8.14. The van der Waals surface area contributed by atoms with Gasteiger partial charge in [-0.1, -0.05) is 6.04 Å². The van der Waals surface area contributed by atoms with Crippen molar-refractivity contribution in [2.24, 2.45) is 0 Å². The van der Waals surface area contributed by atoms with Crippen molar-refractivity contribution in [2.75, 3.05) is 40.1 Å². The van der Waals surface area contributed by atoms with Crippen LogP contribution >= 0.6 is 0 Å². The number of ether oxygens (including phenoxy) is 4. The Bertz CT molecular complexity index is 195. The van der Waals surface area contributed by atoms with Crippen LogP contribution in [0.15, 0.2) is 0 Å². The fourth-order valence-electron chi connectivity index (χ4n) is 1.61. The van der Waals surface area contributed by atoms with Crippen LogP contribution in [0.2, 0.25) is 6.04 Å². The molecule has 1 heterocycles. The molecule has 1 saturated heterocycles. The minimum atomic E-state index is -0.209. The van der Waals surface area contributed by atoms with E-state index in [4.69, 9.17) is 18.9 Å². The van der Waals surface area contributed by atoms with Gasteiger partial charge in [-0.15, -0.1) is 0 Å². The van der Waals surface area contributed by atoms with Crippen LogP contribution in [-0.2, 0) is 18.9 Å². The van der Waals surface area contributed by atoms with Crippen molar-refractivity contribution in [3.63, 3.8) is 0 Å². The van der Waals surface area contributed by atoms with Gasteiger partial charge in [0.05, 0.1) is 35.9 Å². The second-order valence-electron chi connectivity index (χ2n) is 5.09. The van der Waals surface area contributed by atoms with Crippen LogP contribution in [-0.4, -0.2) is 61.0 Å². The highest BCUT2D eigenvalue weighted by atomic mass is 28.2. The quantitative estimate of drug-likeness (QED) is 0.313. The molecule has 1 rings (SSSR count). The number of rotatable bonds is 11. The molecule has 0 amide bonds. The number of hydrogen-bond donors (Lipinski definition) is 0. The van der Waals surface area contributed by atoms with Gasteiger partial charge in [-0.3, -0.25) is 0 Å². The van der Waals surface area contributed by atoms with E-state index in [-0.39, 0.29) is 14.7 Å². The van der Waals surface area contributed by atoms with Crippen molar-refractivity contribution < 1.29 is 18.9 Å².